The number of sulfonamides is 1. The van der Waals surface area contributed by atoms with Gasteiger partial charge in [0.05, 0.1) is 12.3 Å². The van der Waals surface area contributed by atoms with Gasteiger partial charge in [-0.3, -0.25) is 0 Å². The third-order valence-corrected chi connectivity index (χ3v) is 4.92. The normalized spacial score (nSPS) is 23.4. The van der Waals surface area contributed by atoms with Crippen LogP contribution >= 0.6 is 0 Å². The predicted octanol–water partition coefficient (Wildman–Crippen LogP) is 3.00. The second-order valence-electron chi connectivity index (χ2n) is 8.21. The monoisotopic (exact) mass is 329 g/mol. The molecule has 0 saturated heterocycles. The van der Waals surface area contributed by atoms with Crippen molar-refractivity contribution < 1.29 is 12.9 Å². The van der Waals surface area contributed by atoms with Crippen LogP contribution in [0.1, 0.15) is 77.6 Å². The summed E-state index contributed by atoms with van der Waals surface area (Å²) in [4.78, 5) is 4.44. The molecule has 1 aliphatic carbocycles. The Morgan fingerprint density at radius 1 is 1.23 bits per heavy atom. The van der Waals surface area contributed by atoms with E-state index in [-0.39, 0.29) is 16.7 Å². The van der Waals surface area contributed by atoms with Crippen molar-refractivity contribution >= 4 is 10.0 Å². The van der Waals surface area contributed by atoms with E-state index in [2.05, 4.69) is 42.6 Å². The van der Waals surface area contributed by atoms with Gasteiger partial charge in [-0.05, 0) is 37.0 Å². The van der Waals surface area contributed by atoms with Crippen LogP contribution in [-0.2, 0) is 10.0 Å². The Morgan fingerprint density at radius 2 is 1.77 bits per heavy atom. The lowest BCUT2D eigenvalue weighted by Crippen LogP contribution is -2.33. The molecule has 0 spiro atoms. The Morgan fingerprint density at radius 3 is 2.27 bits per heavy atom. The molecule has 0 aromatic carbocycles. The quantitative estimate of drug-likeness (QED) is 0.918. The zero-order valence-electron chi connectivity index (χ0n) is 14.3. The van der Waals surface area contributed by atoms with Gasteiger partial charge in [-0.15, -0.1) is 0 Å². The molecule has 6 nitrogen and oxygen atoms in total. The smallest absolute Gasteiger partial charge is 0.244 e. The van der Waals surface area contributed by atoms with E-state index in [4.69, 9.17) is 4.52 Å². The van der Waals surface area contributed by atoms with Crippen LogP contribution in [0, 0.1) is 10.8 Å². The van der Waals surface area contributed by atoms with Gasteiger partial charge >= 0.3 is 0 Å². The van der Waals surface area contributed by atoms with Gasteiger partial charge in [-0.2, -0.15) is 4.98 Å². The predicted molar refractivity (Wildman–Crippen MR) is 84.8 cm³/mol. The molecule has 0 bridgehead atoms. The van der Waals surface area contributed by atoms with Crippen molar-refractivity contribution in [2.24, 2.45) is 10.8 Å². The molecule has 0 radical (unpaired) electrons. The van der Waals surface area contributed by atoms with Crippen molar-refractivity contribution in [3.63, 3.8) is 0 Å². The summed E-state index contributed by atoms with van der Waals surface area (Å²) in [5, 5.41) is 4.10. The van der Waals surface area contributed by atoms with Crippen LogP contribution in [0.25, 0.3) is 0 Å². The Hall–Kier alpha value is -0.950. The fourth-order valence-corrected chi connectivity index (χ4v) is 4.73. The number of rotatable bonds is 4. The maximum Gasteiger partial charge on any atom is 0.244 e. The molecule has 7 heteroatoms. The van der Waals surface area contributed by atoms with E-state index >= 15 is 0 Å². The zero-order valence-corrected chi connectivity index (χ0v) is 15.1. The van der Waals surface area contributed by atoms with Gasteiger partial charge in [-0.1, -0.05) is 32.9 Å². The van der Waals surface area contributed by atoms with Crippen LogP contribution in [0.3, 0.4) is 0 Å². The highest BCUT2D eigenvalue weighted by Crippen LogP contribution is 2.51. The fraction of sp³-hybridized carbons (Fsp3) is 0.867. The van der Waals surface area contributed by atoms with Crippen molar-refractivity contribution in [3.8, 4) is 0 Å². The van der Waals surface area contributed by atoms with Crippen LogP contribution in [0.15, 0.2) is 4.52 Å². The molecular formula is C15H27N3O3S. The first kappa shape index (κ1) is 17.4. The molecule has 1 aromatic rings. The van der Waals surface area contributed by atoms with Gasteiger partial charge in [0, 0.05) is 5.92 Å². The number of hydrogen-bond donors (Lipinski definition) is 1. The van der Waals surface area contributed by atoms with E-state index < -0.39 is 16.1 Å². The molecule has 1 aliphatic rings. The Kier molecular flexibility index (Phi) is 4.43. The maximum atomic E-state index is 11.3. The van der Waals surface area contributed by atoms with Gasteiger partial charge in [-0.25, -0.2) is 13.1 Å². The van der Waals surface area contributed by atoms with Gasteiger partial charge in [0.15, 0.2) is 5.82 Å². The second kappa shape index (κ2) is 5.60. The summed E-state index contributed by atoms with van der Waals surface area (Å²) < 4.78 is 30.3. The highest BCUT2D eigenvalue weighted by atomic mass is 32.2. The lowest BCUT2D eigenvalue weighted by atomic mass is 9.61. The Bertz CT molecular complexity index is 618. The molecule has 1 fully saturated rings. The molecule has 0 aliphatic heterocycles. The minimum atomic E-state index is -3.30. The van der Waals surface area contributed by atoms with Crippen molar-refractivity contribution in [2.45, 2.75) is 65.8 Å². The van der Waals surface area contributed by atoms with Gasteiger partial charge < -0.3 is 4.52 Å². The highest BCUT2D eigenvalue weighted by molar-refractivity contribution is 7.88. The molecule has 1 aromatic heterocycles. The Labute approximate surface area is 133 Å². The summed E-state index contributed by atoms with van der Waals surface area (Å²) in [5.74, 6) is 1.27. The highest BCUT2D eigenvalue weighted by Gasteiger charge is 2.40. The molecule has 1 unspecified atom stereocenters. The molecule has 22 heavy (non-hydrogen) atoms. The average molecular weight is 329 g/mol. The summed E-state index contributed by atoms with van der Waals surface area (Å²) in [6, 6.07) is -0.513. The molecule has 1 atom stereocenters. The van der Waals surface area contributed by atoms with Crippen LogP contribution in [-0.4, -0.2) is 24.8 Å². The third-order valence-electron chi connectivity index (χ3n) is 4.14. The van der Waals surface area contributed by atoms with Gasteiger partial charge in [0.2, 0.25) is 15.9 Å². The van der Waals surface area contributed by atoms with E-state index in [0.717, 1.165) is 19.1 Å². The van der Waals surface area contributed by atoms with E-state index in [1.165, 1.54) is 6.42 Å². The Balaban J connectivity index is 2.17. The summed E-state index contributed by atoms with van der Waals surface area (Å²) >= 11 is 0. The summed E-state index contributed by atoms with van der Waals surface area (Å²) in [6.45, 7) is 10.8. The minimum absolute atomic E-state index is 0.240. The van der Waals surface area contributed by atoms with Crippen molar-refractivity contribution in [1.82, 2.24) is 14.9 Å². The summed E-state index contributed by atoms with van der Waals surface area (Å²) in [7, 11) is -3.30. The van der Waals surface area contributed by atoms with Gasteiger partial charge in [0.1, 0.15) is 0 Å². The van der Waals surface area contributed by atoms with E-state index in [9.17, 15) is 8.42 Å². The van der Waals surface area contributed by atoms with Crippen molar-refractivity contribution in [2.75, 3.05) is 6.26 Å². The number of nitrogens with zero attached hydrogens (tertiary/aromatic N) is 2. The minimum Gasteiger partial charge on any atom is -0.338 e. The number of hydrogen-bond acceptors (Lipinski definition) is 5. The SMILES string of the molecule is CC(NS(C)(=O)=O)c1nc(C2CC(C)(C)CC(C)(C)C2)no1. The molecule has 0 amide bonds. The average Bonchev–Trinajstić information content (AvgIpc) is 2.70. The van der Waals surface area contributed by atoms with Gasteiger partial charge in [0.25, 0.3) is 0 Å². The topological polar surface area (TPSA) is 85.1 Å². The first-order chi connectivity index (χ1) is 9.87. The lowest BCUT2D eigenvalue weighted by molar-refractivity contribution is 0.0932. The first-order valence-corrected chi connectivity index (χ1v) is 9.57. The zero-order chi connectivity index (χ0) is 16.8. The summed E-state index contributed by atoms with van der Waals surface area (Å²) in [5.41, 5.74) is 0.480. The maximum absolute atomic E-state index is 11.3. The molecule has 2 rings (SSSR count). The lowest BCUT2D eigenvalue weighted by Gasteiger charge is -2.44. The molecule has 1 heterocycles. The molecule has 126 valence electrons. The first-order valence-electron chi connectivity index (χ1n) is 7.68. The second-order valence-corrected chi connectivity index (χ2v) is 9.99. The molecular weight excluding hydrogens is 302 g/mol. The summed E-state index contributed by atoms with van der Waals surface area (Å²) in [6.07, 6.45) is 4.33. The van der Waals surface area contributed by atoms with Crippen LogP contribution < -0.4 is 4.72 Å². The number of nitrogens with one attached hydrogen (secondary N) is 1. The largest absolute Gasteiger partial charge is 0.338 e. The standard InChI is InChI=1S/C15H27N3O3S/c1-10(18-22(6,19)20)13-16-12(17-21-13)11-7-14(2,3)9-15(4,5)8-11/h10-11,18H,7-9H2,1-6H3. The van der Waals surface area contributed by atoms with Crippen LogP contribution in [0.2, 0.25) is 0 Å². The van der Waals surface area contributed by atoms with Crippen molar-refractivity contribution in [1.29, 1.82) is 0 Å². The van der Waals surface area contributed by atoms with Crippen LogP contribution in [0.4, 0.5) is 0 Å². The van der Waals surface area contributed by atoms with E-state index in [1.807, 2.05) is 0 Å². The molecule has 1 N–H and O–H groups in total. The van der Waals surface area contributed by atoms with Crippen LogP contribution in [0.5, 0.6) is 0 Å². The number of aromatic nitrogens is 2. The van der Waals surface area contributed by atoms with E-state index in [1.54, 1.807) is 6.92 Å². The van der Waals surface area contributed by atoms with E-state index in [0.29, 0.717) is 11.7 Å². The third kappa shape index (κ3) is 4.52. The fourth-order valence-electron chi connectivity index (χ4n) is 3.99. The molecule has 1 saturated carbocycles. The van der Waals surface area contributed by atoms with Crippen molar-refractivity contribution in [3.05, 3.63) is 11.7 Å².